The zero-order valence-corrected chi connectivity index (χ0v) is 17.0. The molecule has 1 aliphatic carbocycles. The monoisotopic (exact) mass is 398 g/mol. The van der Waals surface area contributed by atoms with E-state index in [4.69, 9.17) is 4.98 Å². The molecule has 0 aliphatic heterocycles. The summed E-state index contributed by atoms with van der Waals surface area (Å²) in [6.45, 7) is 4.00. The average molecular weight is 399 g/mol. The van der Waals surface area contributed by atoms with E-state index in [0.717, 1.165) is 58.4 Å². The summed E-state index contributed by atoms with van der Waals surface area (Å²) in [6.07, 6.45) is 9.16. The highest BCUT2D eigenvalue weighted by Gasteiger charge is 2.19. The van der Waals surface area contributed by atoms with Crippen LogP contribution in [0, 0.1) is 6.92 Å². The third kappa shape index (κ3) is 3.95. The molecule has 0 saturated carbocycles. The number of aryl methyl sites for hydroxylation is 2. The Hall–Kier alpha value is -2.09. The molecule has 0 spiro atoms. The Balaban J connectivity index is 1.75. The molecular formula is C20H22N4OS2. The first kappa shape index (κ1) is 18.3. The fraction of sp³-hybridized carbons (Fsp3) is 0.350. The molecule has 0 saturated heterocycles. The van der Waals surface area contributed by atoms with Gasteiger partial charge in [-0.1, -0.05) is 19.1 Å². The van der Waals surface area contributed by atoms with Crippen molar-refractivity contribution in [2.45, 2.75) is 45.6 Å². The Labute approximate surface area is 166 Å². The summed E-state index contributed by atoms with van der Waals surface area (Å²) in [5.41, 5.74) is 6.96. The van der Waals surface area contributed by atoms with Gasteiger partial charge in [0.2, 0.25) is 0 Å². The van der Waals surface area contributed by atoms with Gasteiger partial charge in [-0.3, -0.25) is 0 Å². The van der Waals surface area contributed by atoms with Crippen molar-refractivity contribution in [3.05, 3.63) is 50.8 Å². The number of hydrogen-bond acceptors (Lipinski definition) is 6. The van der Waals surface area contributed by atoms with Crippen molar-refractivity contribution in [2.75, 3.05) is 0 Å². The van der Waals surface area contributed by atoms with Crippen LogP contribution in [0.15, 0.2) is 23.0 Å². The van der Waals surface area contributed by atoms with E-state index < -0.39 is 0 Å². The lowest BCUT2D eigenvalue weighted by Gasteiger charge is -2.04. The molecule has 4 rings (SSSR count). The molecule has 0 aromatic carbocycles. The van der Waals surface area contributed by atoms with Gasteiger partial charge < -0.3 is 10.1 Å². The van der Waals surface area contributed by atoms with E-state index >= 15 is 0 Å². The predicted octanol–water partition coefficient (Wildman–Crippen LogP) is 4.65. The first-order valence-electron chi connectivity index (χ1n) is 9.14. The Morgan fingerprint density at radius 2 is 2.19 bits per heavy atom. The number of fused-ring (bicyclic) bond motifs is 1. The summed E-state index contributed by atoms with van der Waals surface area (Å²) >= 11 is 3.28. The van der Waals surface area contributed by atoms with Gasteiger partial charge in [0.05, 0.1) is 27.9 Å². The first-order valence-corrected chi connectivity index (χ1v) is 10.9. The van der Waals surface area contributed by atoms with Crippen LogP contribution >= 0.6 is 22.7 Å². The summed E-state index contributed by atoms with van der Waals surface area (Å²) in [7, 11) is 0. The van der Waals surface area contributed by atoms with Gasteiger partial charge in [0.25, 0.3) is 0 Å². The minimum Gasteiger partial charge on any atom is -0.393 e. The minimum absolute atomic E-state index is 0.291. The normalized spacial score (nSPS) is 14.7. The molecule has 3 aromatic rings. The Morgan fingerprint density at radius 1 is 1.30 bits per heavy atom. The number of nitrogens with one attached hydrogen (secondary N) is 1. The SMILES string of the molecule is CCC(O)CCc1nc(C2=Cc3scnc3CC=C2)c(-c2nc(C)cs2)[nH]1. The fourth-order valence-corrected chi connectivity index (χ4v) is 4.62. The number of H-pyrrole nitrogens is 1. The fourth-order valence-electron chi connectivity index (χ4n) is 3.06. The van der Waals surface area contributed by atoms with E-state index in [-0.39, 0.29) is 6.10 Å². The van der Waals surface area contributed by atoms with E-state index in [1.165, 1.54) is 4.88 Å². The van der Waals surface area contributed by atoms with E-state index in [1.54, 1.807) is 22.7 Å². The smallest absolute Gasteiger partial charge is 0.142 e. The zero-order chi connectivity index (χ0) is 18.8. The number of aliphatic hydroxyl groups is 1. The highest BCUT2D eigenvalue weighted by molar-refractivity contribution is 7.13. The van der Waals surface area contributed by atoms with Crippen LogP contribution in [0.1, 0.15) is 47.5 Å². The summed E-state index contributed by atoms with van der Waals surface area (Å²) in [4.78, 5) is 18.6. The quantitative estimate of drug-likeness (QED) is 0.633. The molecule has 3 heterocycles. The molecule has 27 heavy (non-hydrogen) atoms. The highest BCUT2D eigenvalue weighted by atomic mass is 32.1. The maximum absolute atomic E-state index is 9.91. The van der Waals surface area contributed by atoms with Crippen molar-refractivity contribution in [1.29, 1.82) is 0 Å². The molecule has 2 N–H and O–H groups in total. The lowest BCUT2D eigenvalue weighted by atomic mass is 10.1. The molecule has 0 fully saturated rings. The standard InChI is InChI=1S/C20H22N4OS2/c1-3-14(25)7-8-17-23-18(19(24-17)20-22-12(2)10-26-20)13-5-4-6-15-16(9-13)27-11-21-15/h4-5,9-11,14,25H,3,6-8H2,1-2H3,(H,23,24). The number of nitrogens with zero attached hydrogens (tertiary/aromatic N) is 3. The van der Waals surface area contributed by atoms with Crippen LogP contribution in [0.3, 0.4) is 0 Å². The average Bonchev–Trinajstić information content (AvgIpc) is 3.37. The van der Waals surface area contributed by atoms with E-state index in [9.17, 15) is 5.11 Å². The number of thiazole rings is 2. The Bertz CT molecular complexity index is 995. The molecule has 5 nitrogen and oxygen atoms in total. The molecule has 7 heteroatoms. The number of imidazole rings is 1. The van der Waals surface area contributed by atoms with Crippen molar-refractivity contribution < 1.29 is 5.11 Å². The number of aromatic nitrogens is 4. The number of hydrogen-bond donors (Lipinski definition) is 2. The third-order valence-electron chi connectivity index (χ3n) is 4.61. The number of allylic oxidation sites excluding steroid dienone is 3. The summed E-state index contributed by atoms with van der Waals surface area (Å²) in [6, 6.07) is 0. The third-order valence-corrected chi connectivity index (χ3v) is 6.41. The second kappa shape index (κ2) is 7.88. The lowest BCUT2D eigenvalue weighted by Crippen LogP contribution is -2.06. The van der Waals surface area contributed by atoms with Gasteiger partial charge in [0.15, 0.2) is 0 Å². The van der Waals surface area contributed by atoms with Crippen LogP contribution in [0.25, 0.3) is 22.4 Å². The van der Waals surface area contributed by atoms with Crippen LogP contribution < -0.4 is 0 Å². The number of aromatic amines is 1. The van der Waals surface area contributed by atoms with E-state index in [0.29, 0.717) is 6.42 Å². The Kier molecular flexibility index (Phi) is 5.33. The maximum atomic E-state index is 9.91. The molecule has 3 aromatic heterocycles. The van der Waals surface area contributed by atoms with E-state index in [2.05, 4.69) is 38.6 Å². The highest BCUT2D eigenvalue weighted by Crippen LogP contribution is 2.34. The minimum atomic E-state index is -0.291. The first-order chi connectivity index (χ1) is 13.1. The predicted molar refractivity (Wildman–Crippen MR) is 112 cm³/mol. The van der Waals surface area contributed by atoms with E-state index in [1.807, 2.05) is 19.4 Å². The van der Waals surface area contributed by atoms with Crippen molar-refractivity contribution in [3.63, 3.8) is 0 Å². The van der Waals surface area contributed by atoms with Crippen molar-refractivity contribution >= 4 is 34.3 Å². The van der Waals surface area contributed by atoms with Gasteiger partial charge in [0.1, 0.15) is 16.5 Å². The van der Waals surface area contributed by atoms with Gasteiger partial charge in [-0.25, -0.2) is 15.0 Å². The van der Waals surface area contributed by atoms with Crippen LogP contribution in [0.5, 0.6) is 0 Å². The molecule has 1 unspecified atom stereocenters. The molecule has 1 atom stereocenters. The van der Waals surface area contributed by atoms with Crippen LogP contribution in [0.4, 0.5) is 0 Å². The van der Waals surface area contributed by atoms with Gasteiger partial charge in [0, 0.05) is 29.5 Å². The van der Waals surface area contributed by atoms with Gasteiger partial charge in [-0.15, -0.1) is 22.7 Å². The summed E-state index contributed by atoms with van der Waals surface area (Å²) < 4.78 is 0. The second-order valence-electron chi connectivity index (χ2n) is 6.67. The van der Waals surface area contributed by atoms with Gasteiger partial charge in [-0.05, 0) is 25.8 Å². The summed E-state index contributed by atoms with van der Waals surface area (Å²) in [5.74, 6) is 0.892. The maximum Gasteiger partial charge on any atom is 0.142 e. The van der Waals surface area contributed by atoms with Crippen LogP contribution in [0.2, 0.25) is 0 Å². The molecular weight excluding hydrogens is 376 g/mol. The van der Waals surface area contributed by atoms with Crippen LogP contribution in [-0.4, -0.2) is 31.1 Å². The second-order valence-corrected chi connectivity index (χ2v) is 8.42. The number of rotatable bonds is 6. The Morgan fingerprint density at radius 3 is 2.96 bits per heavy atom. The largest absolute Gasteiger partial charge is 0.393 e. The van der Waals surface area contributed by atoms with Gasteiger partial charge in [-0.2, -0.15) is 0 Å². The number of aliphatic hydroxyl groups excluding tert-OH is 1. The molecule has 0 amide bonds. The molecule has 0 bridgehead atoms. The van der Waals surface area contributed by atoms with Gasteiger partial charge >= 0.3 is 0 Å². The zero-order valence-electron chi connectivity index (χ0n) is 15.4. The molecule has 140 valence electrons. The lowest BCUT2D eigenvalue weighted by molar-refractivity contribution is 0.160. The molecule has 1 aliphatic rings. The topological polar surface area (TPSA) is 74.7 Å². The van der Waals surface area contributed by atoms with Crippen molar-refractivity contribution in [2.24, 2.45) is 0 Å². The summed E-state index contributed by atoms with van der Waals surface area (Å²) in [5, 5.41) is 12.9. The molecule has 0 radical (unpaired) electrons. The van der Waals surface area contributed by atoms with Crippen molar-refractivity contribution in [1.82, 2.24) is 19.9 Å². The van der Waals surface area contributed by atoms with Crippen molar-refractivity contribution in [3.8, 4) is 10.7 Å². The van der Waals surface area contributed by atoms with Crippen LogP contribution in [-0.2, 0) is 12.8 Å².